The molecule has 0 aliphatic heterocycles. The summed E-state index contributed by atoms with van der Waals surface area (Å²) in [4.78, 5) is 0.800. The molecule has 106 valence electrons. The molecule has 2 aromatic rings. The fourth-order valence-electron chi connectivity index (χ4n) is 2.20. The summed E-state index contributed by atoms with van der Waals surface area (Å²) in [6.45, 7) is 4.22. The standard InChI is InChI=1S/C16H18FNOS/c1-11-3-4-16(12(2)5-11)20(19)10-14-6-13(9-18)7-15(17)8-14/h3-8H,9-10,18H2,1-2H3. The van der Waals surface area contributed by atoms with Crippen molar-refractivity contribution >= 4 is 10.8 Å². The van der Waals surface area contributed by atoms with E-state index in [1.165, 1.54) is 12.1 Å². The average molecular weight is 291 g/mol. The molecule has 2 aromatic carbocycles. The molecule has 4 heteroatoms. The highest BCUT2D eigenvalue weighted by atomic mass is 32.2. The van der Waals surface area contributed by atoms with Gasteiger partial charge in [-0.25, -0.2) is 4.39 Å². The Kier molecular flexibility index (Phi) is 4.68. The number of aryl methyl sites for hydroxylation is 2. The molecule has 2 nitrogen and oxygen atoms in total. The smallest absolute Gasteiger partial charge is 0.123 e. The monoisotopic (exact) mass is 291 g/mol. The van der Waals surface area contributed by atoms with Gasteiger partial charge in [-0.15, -0.1) is 0 Å². The van der Waals surface area contributed by atoms with Crippen LogP contribution in [0.5, 0.6) is 0 Å². The molecule has 2 N–H and O–H groups in total. The number of halogens is 1. The predicted octanol–water partition coefficient (Wildman–Crippen LogP) is 3.21. The van der Waals surface area contributed by atoms with Gasteiger partial charge in [-0.1, -0.05) is 23.8 Å². The number of rotatable bonds is 4. The van der Waals surface area contributed by atoms with E-state index in [0.717, 1.165) is 21.6 Å². The van der Waals surface area contributed by atoms with Crippen LogP contribution in [0, 0.1) is 19.7 Å². The molecule has 0 fully saturated rings. The first-order valence-electron chi connectivity index (χ1n) is 6.43. The van der Waals surface area contributed by atoms with Gasteiger partial charge < -0.3 is 5.73 Å². The topological polar surface area (TPSA) is 43.1 Å². The van der Waals surface area contributed by atoms with Gasteiger partial charge in [0.05, 0.1) is 16.6 Å². The van der Waals surface area contributed by atoms with Gasteiger partial charge in [0.15, 0.2) is 0 Å². The van der Waals surface area contributed by atoms with Crippen LogP contribution in [0.3, 0.4) is 0 Å². The van der Waals surface area contributed by atoms with Crippen molar-refractivity contribution in [2.75, 3.05) is 0 Å². The van der Waals surface area contributed by atoms with Crippen molar-refractivity contribution in [3.05, 3.63) is 64.5 Å². The van der Waals surface area contributed by atoms with Gasteiger partial charge in [0.1, 0.15) is 5.82 Å². The fourth-order valence-corrected chi connectivity index (χ4v) is 3.47. The quantitative estimate of drug-likeness (QED) is 0.940. The minimum Gasteiger partial charge on any atom is -0.326 e. The summed E-state index contributed by atoms with van der Waals surface area (Å²) in [5.74, 6) is -0.0325. The van der Waals surface area contributed by atoms with Crippen molar-refractivity contribution in [1.82, 2.24) is 0 Å². The van der Waals surface area contributed by atoms with Gasteiger partial charge in [0.25, 0.3) is 0 Å². The Morgan fingerprint density at radius 2 is 1.80 bits per heavy atom. The molecular weight excluding hydrogens is 273 g/mol. The normalized spacial score (nSPS) is 12.4. The second-order valence-electron chi connectivity index (χ2n) is 4.93. The van der Waals surface area contributed by atoms with E-state index in [1.807, 2.05) is 38.1 Å². The molecule has 0 saturated carbocycles. The predicted molar refractivity (Wildman–Crippen MR) is 80.3 cm³/mol. The maximum absolute atomic E-state index is 13.4. The third kappa shape index (κ3) is 3.52. The minimum absolute atomic E-state index is 0.279. The molecule has 0 aliphatic rings. The summed E-state index contributed by atoms with van der Waals surface area (Å²) >= 11 is 0. The second kappa shape index (κ2) is 6.29. The van der Waals surface area contributed by atoms with E-state index in [4.69, 9.17) is 5.73 Å². The highest BCUT2D eigenvalue weighted by Gasteiger charge is 2.10. The van der Waals surface area contributed by atoms with Gasteiger partial charge in [0.2, 0.25) is 0 Å². The highest BCUT2D eigenvalue weighted by molar-refractivity contribution is 7.84. The molecule has 0 spiro atoms. The Balaban J connectivity index is 2.25. The van der Waals surface area contributed by atoms with E-state index in [9.17, 15) is 8.60 Å². The number of benzene rings is 2. The zero-order chi connectivity index (χ0) is 14.7. The SMILES string of the molecule is Cc1ccc(S(=O)Cc2cc(F)cc(CN)c2)c(C)c1. The van der Waals surface area contributed by atoms with Crippen molar-refractivity contribution in [2.45, 2.75) is 31.0 Å². The molecule has 0 aromatic heterocycles. The van der Waals surface area contributed by atoms with Crippen LogP contribution in [0.1, 0.15) is 22.3 Å². The zero-order valence-electron chi connectivity index (χ0n) is 11.7. The molecule has 0 radical (unpaired) electrons. The Bertz CT molecular complexity index is 655. The van der Waals surface area contributed by atoms with Crippen LogP contribution in [-0.4, -0.2) is 4.21 Å². The molecule has 0 heterocycles. The number of nitrogens with two attached hydrogens (primary N) is 1. The van der Waals surface area contributed by atoms with Crippen LogP contribution in [0.2, 0.25) is 0 Å². The first-order chi connectivity index (χ1) is 9.49. The largest absolute Gasteiger partial charge is 0.326 e. The maximum atomic E-state index is 13.4. The summed E-state index contributed by atoms with van der Waals surface area (Å²) in [5, 5.41) is 0. The van der Waals surface area contributed by atoms with Crippen LogP contribution in [-0.2, 0) is 23.1 Å². The Morgan fingerprint density at radius 1 is 1.10 bits per heavy atom. The van der Waals surface area contributed by atoms with Crippen LogP contribution in [0.15, 0.2) is 41.3 Å². The van der Waals surface area contributed by atoms with E-state index in [1.54, 1.807) is 0 Å². The summed E-state index contributed by atoms with van der Waals surface area (Å²) < 4.78 is 25.9. The average Bonchev–Trinajstić information content (AvgIpc) is 2.37. The van der Waals surface area contributed by atoms with Crippen LogP contribution < -0.4 is 5.73 Å². The van der Waals surface area contributed by atoms with Crippen LogP contribution in [0.25, 0.3) is 0 Å². The molecule has 1 unspecified atom stereocenters. The van der Waals surface area contributed by atoms with Gasteiger partial charge in [-0.2, -0.15) is 0 Å². The minimum atomic E-state index is -1.18. The highest BCUT2D eigenvalue weighted by Crippen LogP contribution is 2.19. The van der Waals surface area contributed by atoms with Crippen molar-refractivity contribution in [3.8, 4) is 0 Å². The van der Waals surface area contributed by atoms with Crippen LogP contribution in [0.4, 0.5) is 4.39 Å². The lowest BCUT2D eigenvalue weighted by atomic mass is 10.1. The van der Waals surface area contributed by atoms with Gasteiger partial charge in [-0.3, -0.25) is 4.21 Å². The molecular formula is C16H18FNOS. The van der Waals surface area contributed by atoms with E-state index in [2.05, 4.69) is 0 Å². The first-order valence-corrected chi connectivity index (χ1v) is 7.75. The van der Waals surface area contributed by atoms with Gasteiger partial charge in [-0.05, 0) is 48.7 Å². The van der Waals surface area contributed by atoms with Crippen molar-refractivity contribution in [3.63, 3.8) is 0 Å². The lowest BCUT2D eigenvalue weighted by molar-refractivity contribution is 0.623. The molecule has 20 heavy (non-hydrogen) atoms. The third-order valence-electron chi connectivity index (χ3n) is 3.13. The summed E-state index contributed by atoms with van der Waals surface area (Å²) in [7, 11) is -1.18. The van der Waals surface area contributed by atoms with E-state index in [0.29, 0.717) is 11.3 Å². The lowest BCUT2D eigenvalue weighted by Crippen LogP contribution is -2.02. The van der Waals surface area contributed by atoms with E-state index >= 15 is 0 Å². The molecule has 0 saturated heterocycles. The van der Waals surface area contributed by atoms with E-state index < -0.39 is 10.8 Å². The summed E-state index contributed by atoms with van der Waals surface area (Å²) in [5.41, 5.74) is 9.10. The molecule has 2 rings (SSSR count). The summed E-state index contributed by atoms with van der Waals surface area (Å²) in [6, 6.07) is 10.5. The molecule has 0 bridgehead atoms. The van der Waals surface area contributed by atoms with Crippen molar-refractivity contribution in [1.29, 1.82) is 0 Å². The number of hydrogen-bond donors (Lipinski definition) is 1. The Hall–Kier alpha value is -1.52. The number of hydrogen-bond acceptors (Lipinski definition) is 2. The van der Waals surface area contributed by atoms with Crippen LogP contribution >= 0.6 is 0 Å². The van der Waals surface area contributed by atoms with E-state index in [-0.39, 0.29) is 12.4 Å². The molecule has 0 amide bonds. The zero-order valence-corrected chi connectivity index (χ0v) is 12.5. The summed E-state index contributed by atoms with van der Waals surface area (Å²) in [6.07, 6.45) is 0. The Morgan fingerprint density at radius 3 is 2.45 bits per heavy atom. The van der Waals surface area contributed by atoms with Crippen molar-refractivity contribution in [2.24, 2.45) is 5.73 Å². The van der Waals surface area contributed by atoms with Gasteiger partial charge >= 0.3 is 0 Å². The third-order valence-corrected chi connectivity index (χ3v) is 4.67. The first kappa shape index (κ1) is 14.9. The Labute approximate surface area is 121 Å². The lowest BCUT2D eigenvalue weighted by Gasteiger charge is -2.08. The fraction of sp³-hybridized carbons (Fsp3) is 0.250. The molecule has 1 atom stereocenters. The van der Waals surface area contributed by atoms with Crippen molar-refractivity contribution < 1.29 is 8.60 Å². The molecule has 0 aliphatic carbocycles. The second-order valence-corrected chi connectivity index (χ2v) is 6.35. The maximum Gasteiger partial charge on any atom is 0.123 e. The van der Waals surface area contributed by atoms with Gasteiger partial charge in [0, 0.05) is 11.4 Å².